The quantitative estimate of drug-likeness (QED) is 0.673. The average molecular weight is 246 g/mol. The van der Waals surface area contributed by atoms with Crippen LogP contribution >= 0.6 is 0 Å². The molecule has 96 valence electrons. The number of carbonyl (C=O) groups excluding carboxylic acids is 1. The standard InChI is InChI=1S/C16H19FO/c1-15(2)7-4-8-16(3)12-6-5-10(17)9-11(12)13(18)14(15)16/h5-6,9,14H,4,7-8H2,1-3H3/t14-,16?/m0/s1. The van der Waals surface area contributed by atoms with Crippen molar-refractivity contribution in [3.63, 3.8) is 0 Å². The lowest BCUT2D eigenvalue weighted by atomic mass is 9.56. The van der Waals surface area contributed by atoms with E-state index in [1.54, 1.807) is 0 Å². The summed E-state index contributed by atoms with van der Waals surface area (Å²) in [5.41, 5.74) is 1.60. The van der Waals surface area contributed by atoms with Crippen molar-refractivity contribution >= 4 is 5.78 Å². The van der Waals surface area contributed by atoms with E-state index in [9.17, 15) is 9.18 Å². The summed E-state index contributed by atoms with van der Waals surface area (Å²) in [5, 5.41) is 0. The van der Waals surface area contributed by atoms with Gasteiger partial charge in [-0.1, -0.05) is 33.3 Å². The van der Waals surface area contributed by atoms with Gasteiger partial charge in [0.2, 0.25) is 0 Å². The molecule has 1 unspecified atom stereocenters. The Morgan fingerprint density at radius 1 is 1.22 bits per heavy atom. The Bertz CT molecular complexity index is 532. The van der Waals surface area contributed by atoms with Gasteiger partial charge in [-0.05, 0) is 36.0 Å². The molecular weight excluding hydrogens is 227 g/mol. The number of fused-ring (bicyclic) bond motifs is 3. The molecule has 0 aliphatic heterocycles. The van der Waals surface area contributed by atoms with Crippen LogP contribution in [0.15, 0.2) is 18.2 Å². The zero-order valence-electron chi connectivity index (χ0n) is 11.2. The number of ketones is 1. The molecule has 18 heavy (non-hydrogen) atoms. The van der Waals surface area contributed by atoms with Crippen molar-refractivity contribution in [1.29, 1.82) is 0 Å². The number of carbonyl (C=O) groups is 1. The lowest BCUT2D eigenvalue weighted by molar-refractivity contribution is 0.0500. The summed E-state index contributed by atoms with van der Waals surface area (Å²) in [7, 11) is 0. The third-order valence-corrected chi connectivity index (χ3v) is 5.06. The molecule has 3 rings (SSSR count). The molecule has 0 radical (unpaired) electrons. The lowest BCUT2D eigenvalue weighted by Crippen LogP contribution is -2.44. The second-order valence-electron chi connectivity index (χ2n) is 6.75. The molecule has 2 heteroatoms. The van der Waals surface area contributed by atoms with E-state index in [2.05, 4.69) is 20.8 Å². The molecule has 1 fully saturated rings. The molecule has 0 saturated heterocycles. The van der Waals surface area contributed by atoms with Gasteiger partial charge < -0.3 is 0 Å². The van der Waals surface area contributed by atoms with Crippen LogP contribution in [-0.2, 0) is 5.41 Å². The number of halogens is 1. The molecule has 1 aromatic carbocycles. The Labute approximate surface area is 107 Å². The first-order valence-corrected chi connectivity index (χ1v) is 6.70. The van der Waals surface area contributed by atoms with Crippen molar-refractivity contribution in [2.75, 3.05) is 0 Å². The topological polar surface area (TPSA) is 17.1 Å². The molecule has 1 nitrogen and oxygen atoms in total. The van der Waals surface area contributed by atoms with Crippen molar-refractivity contribution in [3.05, 3.63) is 35.1 Å². The minimum absolute atomic E-state index is 0.00977. The molecule has 0 amide bonds. The highest BCUT2D eigenvalue weighted by Gasteiger charge is 2.56. The van der Waals surface area contributed by atoms with Crippen LogP contribution in [0.5, 0.6) is 0 Å². The average Bonchev–Trinajstić information content (AvgIpc) is 2.48. The van der Waals surface area contributed by atoms with Gasteiger partial charge in [-0.2, -0.15) is 0 Å². The van der Waals surface area contributed by atoms with Crippen LogP contribution in [0.3, 0.4) is 0 Å². The Morgan fingerprint density at radius 2 is 1.94 bits per heavy atom. The maximum atomic E-state index is 13.4. The van der Waals surface area contributed by atoms with E-state index in [1.165, 1.54) is 12.1 Å². The predicted molar refractivity (Wildman–Crippen MR) is 69.2 cm³/mol. The number of hydrogen-bond donors (Lipinski definition) is 0. The zero-order chi connectivity index (χ0) is 13.1. The van der Waals surface area contributed by atoms with E-state index >= 15 is 0 Å². The van der Waals surface area contributed by atoms with Crippen molar-refractivity contribution in [3.8, 4) is 0 Å². The largest absolute Gasteiger partial charge is 0.294 e. The smallest absolute Gasteiger partial charge is 0.167 e. The van der Waals surface area contributed by atoms with E-state index < -0.39 is 0 Å². The minimum Gasteiger partial charge on any atom is -0.294 e. The summed E-state index contributed by atoms with van der Waals surface area (Å²) in [5.74, 6) is -0.144. The van der Waals surface area contributed by atoms with Crippen LogP contribution in [0.25, 0.3) is 0 Å². The first kappa shape index (κ1) is 11.9. The van der Waals surface area contributed by atoms with Gasteiger partial charge in [0, 0.05) is 16.9 Å². The summed E-state index contributed by atoms with van der Waals surface area (Å²) in [6, 6.07) is 4.74. The summed E-state index contributed by atoms with van der Waals surface area (Å²) in [6.45, 7) is 6.53. The van der Waals surface area contributed by atoms with E-state index in [0.717, 1.165) is 24.8 Å². The molecule has 0 bridgehead atoms. The summed E-state index contributed by atoms with van der Waals surface area (Å²) in [4.78, 5) is 12.6. The molecule has 0 spiro atoms. The Balaban J connectivity index is 2.22. The Hall–Kier alpha value is -1.18. The molecule has 2 atom stereocenters. The highest BCUT2D eigenvalue weighted by molar-refractivity contribution is 6.04. The fourth-order valence-electron chi connectivity index (χ4n) is 4.37. The fourth-order valence-corrected chi connectivity index (χ4v) is 4.37. The maximum Gasteiger partial charge on any atom is 0.167 e. The third kappa shape index (κ3) is 1.35. The van der Waals surface area contributed by atoms with Crippen LogP contribution < -0.4 is 0 Å². The van der Waals surface area contributed by atoms with Crippen molar-refractivity contribution in [2.45, 2.75) is 45.4 Å². The van der Waals surface area contributed by atoms with Gasteiger partial charge in [-0.25, -0.2) is 4.39 Å². The van der Waals surface area contributed by atoms with E-state index in [1.807, 2.05) is 6.07 Å². The summed E-state index contributed by atoms with van der Waals surface area (Å²) < 4.78 is 13.4. The number of hydrogen-bond acceptors (Lipinski definition) is 1. The number of Topliss-reactive ketones (excluding diaryl/α,β-unsaturated/α-hetero) is 1. The summed E-state index contributed by atoms with van der Waals surface area (Å²) >= 11 is 0. The molecule has 1 aromatic rings. The molecule has 0 N–H and O–H groups in total. The van der Waals surface area contributed by atoms with Crippen molar-refractivity contribution in [1.82, 2.24) is 0 Å². The Kier molecular flexibility index (Phi) is 2.27. The van der Waals surface area contributed by atoms with Gasteiger partial charge in [0.15, 0.2) is 5.78 Å². The first-order valence-electron chi connectivity index (χ1n) is 6.70. The second kappa shape index (κ2) is 3.43. The van der Waals surface area contributed by atoms with E-state index in [4.69, 9.17) is 0 Å². The number of rotatable bonds is 0. The SMILES string of the molecule is CC1(C)CCCC2(C)c3ccc(F)cc3C(=O)[C@@H]12. The molecule has 0 heterocycles. The normalized spacial score (nSPS) is 33.1. The number of benzene rings is 1. The maximum absolute atomic E-state index is 13.4. The van der Waals surface area contributed by atoms with E-state index in [-0.39, 0.29) is 28.3 Å². The van der Waals surface area contributed by atoms with Crippen LogP contribution in [0.2, 0.25) is 0 Å². The fraction of sp³-hybridized carbons (Fsp3) is 0.562. The predicted octanol–water partition coefficient (Wildman–Crippen LogP) is 4.11. The molecule has 2 aliphatic rings. The monoisotopic (exact) mass is 246 g/mol. The zero-order valence-corrected chi connectivity index (χ0v) is 11.2. The second-order valence-corrected chi connectivity index (χ2v) is 6.75. The van der Waals surface area contributed by atoms with Crippen LogP contribution in [0.4, 0.5) is 4.39 Å². The van der Waals surface area contributed by atoms with Crippen molar-refractivity contribution in [2.24, 2.45) is 11.3 Å². The van der Waals surface area contributed by atoms with Crippen LogP contribution in [0, 0.1) is 17.2 Å². The molecule has 0 aromatic heterocycles. The minimum atomic E-state index is -0.304. The van der Waals surface area contributed by atoms with Gasteiger partial charge in [0.05, 0.1) is 0 Å². The van der Waals surface area contributed by atoms with Gasteiger partial charge in [0.25, 0.3) is 0 Å². The van der Waals surface area contributed by atoms with Crippen LogP contribution in [-0.4, -0.2) is 5.78 Å². The third-order valence-electron chi connectivity index (χ3n) is 5.06. The molecular formula is C16H19FO. The highest BCUT2D eigenvalue weighted by atomic mass is 19.1. The van der Waals surface area contributed by atoms with Gasteiger partial charge in [-0.3, -0.25) is 4.79 Å². The van der Waals surface area contributed by atoms with Gasteiger partial charge in [0.1, 0.15) is 5.82 Å². The van der Waals surface area contributed by atoms with Gasteiger partial charge >= 0.3 is 0 Å². The molecule has 1 saturated carbocycles. The van der Waals surface area contributed by atoms with E-state index in [0.29, 0.717) is 5.56 Å². The van der Waals surface area contributed by atoms with Gasteiger partial charge in [-0.15, -0.1) is 0 Å². The Morgan fingerprint density at radius 3 is 2.67 bits per heavy atom. The molecule has 2 aliphatic carbocycles. The lowest BCUT2D eigenvalue weighted by Gasteiger charge is -2.46. The summed E-state index contributed by atoms with van der Waals surface area (Å²) in [6.07, 6.45) is 3.25. The van der Waals surface area contributed by atoms with Crippen molar-refractivity contribution < 1.29 is 9.18 Å². The highest BCUT2D eigenvalue weighted by Crippen LogP contribution is 2.58. The van der Waals surface area contributed by atoms with Crippen LogP contribution in [0.1, 0.15) is 56.0 Å². The first-order chi connectivity index (χ1) is 8.36.